The lowest BCUT2D eigenvalue weighted by molar-refractivity contribution is -0.137. The average Bonchev–Trinajstić information content (AvgIpc) is 3.07. The fraction of sp³-hybridized carbons (Fsp3) is 0.368. The zero-order valence-corrected chi connectivity index (χ0v) is 15.4. The van der Waals surface area contributed by atoms with Crippen LogP contribution in [-0.4, -0.2) is 37.1 Å². The second-order valence-corrected chi connectivity index (χ2v) is 6.46. The number of aliphatic carboxylic acids is 1. The number of aromatic nitrogens is 4. The van der Waals surface area contributed by atoms with Gasteiger partial charge in [0.2, 0.25) is 11.8 Å². The number of rotatable bonds is 9. The van der Waals surface area contributed by atoms with E-state index in [2.05, 4.69) is 34.1 Å². The Morgan fingerprint density at radius 2 is 2.07 bits per heavy atom. The predicted molar refractivity (Wildman–Crippen MR) is 102 cm³/mol. The van der Waals surface area contributed by atoms with Gasteiger partial charge in [-0.3, -0.25) is 4.79 Å². The first-order valence-corrected chi connectivity index (χ1v) is 8.92. The van der Waals surface area contributed by atoms with Crippen molar-refractivity contribution >= 4 is 23.1 Å². The van der Waals surface area contributed by atoms with E-state index in [9.17, 15) is 4.79 Å². The number of nitrogens with zero attached hydrogens (tertiary/aromatic N) is 4. The first-order valence-electron chi connectivity index (χ1n) is 8.92. The summed E-state index contributed by atoms with van der Waals surface area (Å²) in [6.45, 7) is 5.08. The SMILES string of the molecule is CCC(C)CNc1nc(OCc2ccccc2)c2ncn(CC(=O)O)c2n1. The smallest absolute Gasteiger partial charge is 0.323 e. The Morgan fingerprint density at radius 1 is 1.30 bits per heavy atom. The summed E-state index contributed by atoms with van der Waals surface area (Å²) in [6.07, 6.45) is 2.48. The Kier molecular flexibility index (Phi) is 5.85. The number of benzene rings is 1. The maximum atomic E-state index is 11.1. The molecule has 0 aliphatic heterocycles. The van der Waals surface area contributed by atoms with E-state index in [4.69, 9.17) is 9.84 Å². The molecule has 142 valence electrons. The zero-order chi connectivity index (χ0) is 19.2. The molecule has 8 heteroatoms. The fourth-order valence-electron chi connectivity index (χ4n) is 2.50. The molecule has 1 atom stereocenters. The molecule has 0 aliphatic carbocycles. The van der Waals surface area contributed by atoms with Crippen molar-refractivity contribution in [3.63, 3.8) is 0 Å². The van der Waals surface area contributed by atoms with Gasteiger partial charge in [-0.15, -0.1) is 0 Å². The van der Waals surface area contributed by atoms with Crippen LogP contribution in [0.3, 0.4) is 0 Å². The van der Waals surface area contributed by atoms with Gasteiger partial charge in [0.25, 0.3) is 0 Å². The molecular weight excluding hydrogens is 346 g/mol. The fourth-order valence-corrected chi connectivity index (χ4v) is 2.50. The van der Waals surface area contributed by atoms with Gasteiger partial charge in [0.05, 0.1) is 6.33 Å². The number of carboxylic acids is 1. The van der Waals surface area contributed by atoms with Crippen molar-refractivity contribution in [3.8, 4) is 5.88 Å². The molecule has 0 bridgehead atoms. The first-order chi connectivity index (χ1) is 13.1. The molecule has 0 saturated carbocycles. The summed E-state index contributed by atoms with van der Waals surface area (Å²) in [6, 6.07) is 9.74. The lowest BCUT2D eigenvalue weighted by Crippen LogP contribution is -2.14. The number of ether oxygens (including phenoxy) is 1. The van der Waals surface area contributed by atoms with E-state index < -0.39 is 5.97 Å². The third-order valence-electron chi connectivity index (χ3n) is 4.26. The highest BCUT2D eigenvalue weighted by molar-refractivity contribution is 5.79. The molecule has 3 aromatic rings. The molecule has 0 saturated heterocycles. The predicted octanol–water partition coefficient (Wildman–Crippen LogP) is 2.95. The first kappa shape index (κ1) is 18.6. The largest absolute Gasteiger partial charge is 0.480 e. The molecule has 27 heavy (non-hydrogen) atoms. The summed E-state index contributed by atoms with van der Waals surface area (Å²) in [4.78, 5) is 24.3. The Labute approximate surface area is 157 Å². The Balaban J connectivity index is 1.91. The van der Waals surface area contributed by atoms with E-state index in [-0.39, 0.29) is 6.54 Å². The number of hydrogen-bond donors (Lipinski definition) is 2. The number of anilines is 1. The minimum atomic E-state index is -0.964. The summed E-state index contributed by atoms with van der Waals surface area (Å²) in [5.74, 6) is 0.230. The van der Waals surface area contributed by atoms with Crippen LogP contribution < -0.4 is 10.1 Å². The van der Waals surface area contributed by atoms with E-state index >= 15 is 0 Å². The highest BCUT2D eigenvalue weighted by Crippen LogP contribution is 2.24. The van der Waals surface area contributed by atoms with Crippen LogP contribution in [0.5, 0.6) is 5.88 Å². The van der Waals surface area contributed by atoms with Gasteiger partial charge in [-0.2, -0.15) is 9.97 Å². The maximum absolute atomic E-state index is 11.1. The van der Waals surface area contributed by atoms with Gasteiger partial charge in [-0.1, -0.05) is 50.6 Å². The van der Waals surface area contributed by atoms with Crippen molar-refractivity contribution < 1.29 is 14.6 Å². The van der Waals surface area contributed by atoms with Gasteiger partial charge in [0.1, 0.15) is 13.2 Å². The number of carbonyl (C=O) groups is 1. The third-order valence-corrected chi connectivity index (χ3v) is 4.26. The second kappa shape index (κ2) is 8.48. The van der Waals surface area contributed by atoms with Crippen molar-refractivity contribution in [2.45, 2.75) is 33.4 Å². The normalized spacial score (nSPS) is 12.1. The van der Waals surface area contributed by atoms with E-state index in [1.54, 1.807) is 0 Å². The zero-order valence-electron chi connectivity index (χ0n) is 15.4. The van der Waals surface area contributed by atoms with Crippen molar-refractivity contribution in [2.24, 2.45) is 5.92 Å². The van der Waals surface area contributed by atoms with Crippen molar-refractivity contribution in [2.75, 3.05) is 11.9 Å². The van der Waals surface area contributed by atoms with Crippen molar-refractivity contribution in [1.29, 1.82) is 0 Å². The van der Waals surface area contributed by atoms with Crippen LogP contribution in [0.1, 0.15) is 25.8 Å². The summed E-state index contributed by atoms with van der Waals surface area (Å²) in [5.41, 5.74) is 1.88. The highest BCUT2D eigenvalue weighted by atomic mass is 16.5. The van der Waals surface area contributed by atoms with Gasteiger partial charge in [-0.05, 0) is 11.5 Å². The van der Waals surface area contributed by atoms with Crippen LogP contribution in [-0.2, 0) is 17.9 Å². The standard InChI is InChI=1S/C19H23N5O3/c1-3-13(2)9-20-19-22-17-16(21-12-24(17)10-15(25)26)18(23-19)27-11-14-7-5-4-6-8-14/h4-8,12-13H,3,9-11H2,1-2H3,(H,25,26)(H,20,22,23). The average molecular weight is 369 g/mol. The Bertz CT molecular complexity index is 910. The van der Waals surface area contributed by atoms with Crippen molar-refractivity contribution in [3.05, 3.63) is 42.2 Å². The van der Waals surface area contributed by atoms with Crippen LogP contribution in [0.4, 0.5) is 5.95 Å². The molecule has 0 aliphatic rings. The molecular formula is C19H23N5O3. The van der Waals surface area contributed by atoms with Gasteiger partial charge in [0.15, 0.2) is 11.2 Å². The van der Waals surface area contributed by atoms with E-state index in [0.29, 0.717) is 42.1 Å². The molecule has 0 amide bonds. The van der Waals surface area contributed by atoms with E-state index in [0.717, 1.165) is 12.0 Å². The van der Waals surface area contributed by atoms with Crippen LogP contribution in [0, 0.1) is 5.92 Å². The Hall–Kier alpha value is -3.16. The number of fused-ring (bicyclic) bond motifs is 1. The Morgan fingerprint density at radius 3 is 2.78 bits per heavy atom. The molecule has 2 N–H and O–H groups in total. The van der Waals surface area contributed by atoms with Crippen LogP contribution in [0.25, 0.3) is 11.2 Å². The highest BCUT2D eigenvalue weighted by Gasteiger charge is 2.16. The second-order valence-electron chi connectivity index (χ2n) is 6.46. The van der Waals surface area contributed by atoms with E-state index in [1.165, 1.54) is 10.9 Å². The molecule has 0 fully saturated rings. The third kappa shape index (κ3) is 4.72. The lowest BCUT2D eigenvalue weighted by atomic mass is 10.1. The maximum Gasteiger partial charge on any atom is 0.323 e. The number of nitrogens with one attached hydrogen (secondary N) is 1. The molecule has 0 radical (unpaired) electrons. The molecule has 2 heterocycles. The van der Waals surface area contributed by atoms with Gasteiger partial charge >= 0.3 is 5.97 Å². The van der Waals surface area contributed by atoms with E-state index in [1.807, 2.05) is 30.3 Å². The monoisotopic (exact) mass is 369 g/mol. The minimum absolute atomic E-state index is 0.226. The summed E-state index contributed by atoms with van der Waals surface area (Å²) >= 11 is 0. The minimum Gasteiger partial charge on any atom is -0.480 e. The molecule has 2 aromatic heterocycles. The van der Waals surface area contributed by atoms with Crippen LogP contribution in [0.15, 0.2) is 36.7 Å². The summed E-state index contributed by atoms with van der Waals surface area (Å²) < 4.78 is 7.36. The van der Waals surface area contributed by atoms with Crippen LogP contribution >= 0.6 is 0 Å². The molecule has 3 rings (SSSR count). The molecule has 8 nitrogen and oxygen atoms in total. The number of imidazole rings is 1. The number of hydrogen-bond acceptors (Lipinski definition) is 6. The van der Waals surface area contributed by atoms with Gasteiger partial charge in [-0.25, -0.2) is 4.98 Å². The summed E-state index contributed by atoms with van der Waals surface area (Å²) in [7, 11) is 0. The van der Waals surface area contributed by atoms with Crippen molar-refractivity contribution in [1.82, 2.24) is 19.5 Å². The molecule has 0 spiro atoms. The quantitative estimate of drug-likeness (QED) is 0.598. The van der Waals surface area contributed by atoms with Gasteiger partial charge in [0, 0.05) is 6.54 Å². The molecule has 1 aromatic carbocycles. The van der Waals surface area contributed by atoms with Crippen LogP contribution in [0.2, 0.25) is 0 Å². The topological polar surface area (TPSA) is 102 Å². The number of carboxylic acid groups (broad SMARTS) is 1. The lowest BCUT2D eigenvalue weighted by Gasteiger charge is -2.12. The molecule has 1 unspecified atom stereocenters. The van der Waals surface area contributed by atoms with Gasteiger partial charge < -0.3 is 19.7 Å². The summed E-state index contributed by atoms with van der Waals surface area (Å²) in [5, 5.41) is 12.3.